The summed E-state index contributed by atoms with van der Waals surface area (Å²) in [6.45, 7) is 3.94. The van der Waals surface area contributed by atoms with Crippen LogP contribution in [0.1, 0.15) is 22.4 Å². The van der Waals surface area contributed by atoms with Crippen molar-refractivity contribution in [2.75, 3.05) is 16.8 Å². The molecule has 1 aliphatic rings. The molecule has 0 radical (unpaired) electrons. The summed E-state index contributed by atoms with van der Waals surface area (Å²) in [5, 5.41) is 2.86. The topological polar surface area (TPSA) is 61.8 Å². The number of hydrogen-bond acceptors (Lipinski definition) is 4. The summed E-state index contributed by atoms with van der Waals surface area (Å²) >= 11 is 5.02. The molecular weight excluding hydrogens is 462 g/mol. The van der Waals surface area contributed by atoms with Crippen LogP contribution in [0.4, 0.5) is 17.1 Å². The summed E-state index contributed by atoms with van der Waals surface area (Å²) in [5.41, 5.74) is 4.92. The molecule has 2 amide bonds. The Kier molecular flexibility index (Phi) is 5.83. The number of aryl methyl sites for hydroxylation is 2. The number of hydrogen-bond donors (Lipinski definition) is 1. The van der Waals surface area contributed by atoms with E-state index in [0.29, 0.717) is 22.8 Å². The van der Waals surface area contributed by atoms with Crippen LogP contribution >= 0.6 is 27.3 Å². The second-order valence-electron chi connectivity index (χ2n) is 7.16. The van der Waals surface area contributed by atoms with E-state index in [9.17, 15) is 9.59 Å². The van der Waals surface area contributed by atoms with Crippen LogP contribution in [-0.2, 0) is 9.59 Å². The van der Waals surface area contributed by atoms with Gasteiger partial charge in [0.05, 0.1) is 32.2 Å². The number of para-hydroxylation sites is 1. The minimum atomic E-state index is -0.249. The highest BCUT2D eigenvalue weighted by atomic mass is 79.9. The lowest BCUT2D eigenvalue weighted by Gasteiger charge is -2.23. The van der Waals surface area contributed by atoms with Gasteiger partial charge in [0.2, 0.25) is 11.8 Å². The van der Waals surface area contributed by atoms with Crippen molar-refractivity contribution in [1.82, 2.24) is 0 Å². The van der Waals surface area contributed by atoms with Gasteiger partial charge in [0.15, 0.2) is 0 Å². The zero-order chi connectivity index (χ0) is 21.3. The molecule has 5 nitrogen and oxygen atoms in total. The quantitative estimate of drug-likeness (QED) is 0.525. The van der Waals surface area contributed by atoms with E-state index in [2.05, 4.69) is 21.2 Å². The van der Waals surface area contributed by atoms with Gasteiger partial charge in [-0.3, -0.25) is 9.59 Å². The van der Waals surface area contributed by atoms with Crippen LogP contribution < -0.4 is 10.2 Å². The first-order valence-corrected chi connectivity index (χ1v) is 11.1. The molecule has 0 spiro atoms. The van der Waals surface area contributed by atoms with Crippen molar-refractivity contribution in [3.8, 4) is 0 Å². The van der Waals surface area contributed by atoms with Gasteiger partial charge in [0.25, 0.3) is 0 Å². The minimum absolute atomic E-state index is 0.0693. The van der Waals surface area contributed by atoms with Gasteiger partial charge in [0.1, 0.15) is 6.54 Å². The van der Waals surface area contributed by atoms with E-state index < -0.39 is 0 Å². The Morgan fingerprint density at radius 3 is 2.57 bits per heavy atom. The molecule has 1 aliphatic heterocycles. The number of thiophene rings is 1. The Balaban J connectivity index is 1.69. The number of anilines is 2. The van der Waals surface area contributed by atoms with Crippen molar-refractivity contribution < 1.29 is 9.59 Å². The molecular formula is C23H20BrN3O2S. The summed E-state index contributed by atoms with van der Waals surface area (Å²) in [6.07, 6.45) is 0.137. The van der Waals surface area contributed by atoms with Crippen LogP contribution in [0.3, 0.4) is 0 Å². The molecule has 1 aromatic heterocycles. The van der Waals surface area contributed by atoms with Crippen molar-refractivity contribution in [1.29, 1.82) is 0 Å². The van der Waals surface area contributed by atoms with Crippen molar-refractivity contribution in [2.24, 2.45) is 4.99 Å². The lowest BCUT2D eigenvalue weighted by Crippen LogP contribution is -2.38. The number of carbonyl (C=O) groups is 2. The Labute approximate surface area is 187 Å². The van der Waals surface area contributed by atoms with E-state index in [1.165, 1.54) is 0 Å². The molecule has 0 aliphatic carbocycles. The number of nitrogens with one attached hydrogen (secondary N) is 1. The fourth-order valence-corrected chi connectivity index (χ4v) is 4.67. The first kappa shape index (κ1) is 20.5. The van der Waals surface area contributed by atoms with Crippen LogP contribution in [0.15, 0.2) is 63.4 Å². The smallest absolute Gasteiger partial charge is 0.244 e. The number of aliphatic imine (C=N–C) groups is 1. The Bertz CT molecular complexity index is 1150. The highest BCUT2D eigenvalue weighted by molar-refractivity contribution is 9.11. The lowest BCUT2D eigenvalue weighted by atomic mass is 10.1. The van der Waals surface area contributed by atoms with Gasteiger partial charge < -0.3 is 10.2 Å². The zero-order valence-corrected chi connectivity index (χ0v) is 19.0. The summed E-state index contributed by atoms with van der Waals surface area (Å²) in [5.74, 6) is -0.399. The molecule has 1 N–H and O–H groups in total. The van der Waals surface area contributed by atoms with E-state index in [0.717, 1.165) is 19.8 Å². The zero-order valence-electron chi connectivity index (χ0n) is 16.6. The normalized spacial score (nSPS) is 13.5. The summed E-state index contributed by atoms with van der Waals surface area (Å²) in [7, 11) is 0. The third-order valence-corrected chi connectivity index (χ3v) is 6.65. The number of rotatable bonds is 4. The maximum Gasteiger partial charge on any atom is 0.244 e. The van der Waals surface area contributed by atoms with Crippen molar-refractivity contribution in [3.05, 3.63) is 74.4 Å². The van der Waals surface area contributed by atoms with Gasteiger partial charge in [0, 0.05) is 5.69 Å². The average Bonchev–Trinajstić information content (AvgIpc) is 3.10. The lowest BCUT2D eigenvalue weighted by molar-refractivity contribution is -0.120. The Morgan fingerprint density at radius 1 is 1.13 bits per heavy atom. The van der Waals surface area contributed by atoms with Gasteiger partial charge in [-0.05, 0) is 77.3 Å². The number of carbonyl (C=O) groups excluding carboxylic acids is 2. The fraction of sp³-hybridized carbons (Fsp3) is 0.174. The molecule has 0 bridgehead atoms. The van der Waals surface area contributed by atoms with Crippen LogP contribution in [0.25, 0.3) is 0 Å². The molecule has 4 rings (SSSR count). The van der Waals surface area contributed by atoms with E-state index >= 15 is 0 Å². The third-order valence-electron chi connectivity index (χ3n) is 4.97. The number of amides is 2. The summed E-state index contributed by atoms with van der Waals surface area (Å²) < 4.78 is 0.983. The van der Waals surface area contributed by atoms with E-state index in [-0.39, 0.29) is 24.8 Å². The highest BCUT2D eigenvalue weighted by Gasteiger charge is 2.28. The van der Waals surface area contributed by atoms with Gasteiger partial charge in [-0.25, -0.2) is 4.99 Å². The van der Waals surface area contributed by atoms with E-state index in [1.807, 2.05) is 68.4 Å². The maximum atomic E-state index is 13.2. The Hall–Kier alpha value is -2.77. The molecule has 0 fully saturated rings. The second kappa shape index (κ2) is 8.53. The van der Waals surface area contributed by atoms with Gasteiger partial charge in [-0.15, -0.1) is 11.3 Å². The number of nitrogens with zero attached hydrogens (tertiary/aromatic N) is 2. The van der Waals surface area contributed by atoms with Crippen molar-refractivity contribution >= 4 is 61.9 Å². The minimum Gasteiger partial charge on any atom is -0.325 e. The molecule has 0 saturated carbocycles. The predicted molar refractivity (Wildman–Crippen MR) is 126 cm³/mol. The molecule has 0 unspecified atom stereocenters. The second-order valence-corrected chi connectivity index (χ2v) is 9.62. The number of benzene rings is 2. The SMILES string of the molecule is Cc1cc2c(cc1C)N(CC(=O)Nc1ccccc1)C(=O)CC(c1ccc(Br)s1)=N2. The van der Waals surface area contributed by atoms with E-state index in [1.54, 1.807) is 16.2 Å². The Morgan fingerprint density at radius 2 is 1.87 bits per heavy atom. The number of halogens is 1. The van der Waals surface area contributed by atoms with Gasteiger partial charge >= 0.3 is 0 Å². The van der Waals surface area contributed by atoms with Crippen molar-refractivity contribution in [2.45, 2.75) is 20.3 Å². The van der Waals surface area contributed by atoms with Crippen LogP contribution in [0, 0.1) is 13.8 Å². The van der Waals surface area contributed by atoms with Crippen LogP contribution in [0.2, 0.25) is 0 Å². The number of fused-ring (bicyclic) bond motifs is 1. The van der Waals surface area contributed by atoms with Crippen molar-refractivity contribution in [3.63, 3.8) is 0 Å². The molecule has 30 heavy (non-hydrogen) atoms. The fourth-order valence-electron chi connectivity index (χ4n) is 3.30. The first-order valence-electron chi connectivity index (χ1n) is 9.50. The largest absolute Gasteiger partial charge is 0.325 e. The molecule has 7 heteroatoms. The monoisotopic (exact) mass is 481 g/mol. The highest BCUT2D eigenvalue weighted by Crippen LogP contribution is 2.36. The standard InChI is InChI=1S/C23H20BrN3O2S/c1-14-10-17-19(11-15(14)2)27(13-22(28)25-16-6-4-3-5-7-16)23(29)12-18(26-17)20-8-9-21(24)30-20/h3-11H,12-13H2,1-2H3,(H,25,28). The van der Waals surface area contributed by atoms with Gasteiger partial charge in [-0.2, -0.15) is 0 Å². The first-order chi connectivity index (χ1) is 14.4. The van der Waals surface area contributed by atoms with E-state index in [4.69, 9.17) is 4.99 Å². The predicted octanol–water partition coefficient (Wildman–Crippen LogP) is 5.62. The maximum absolute atomic E-state index is 13.2. The summed E-state index contributed by atoms with van der Waals surface area (Å²) in [4.78, 5) is 33.2. The molecule has 3 aromatic rings. The molecule has 2 aromatic carbocycles. The molecule has 2 heterocycles. The molecule has 0 atom stereocenters. The summed E-state index contributed by atoms with van der Waals surface area (Å²) in [6, 6.07) is 17.1. The molecule has 152 valence electrons. The van der Waals surface area contributed by atoms with Crippen LogP contribution in [0.5, 0.6) is 0 Å². The van der Waals surface area contributed by atoms with Gasteiger partial charge in [-0.1, -0.05) is 18.2 Å². The van der Waals surface area contributed by atoms with Crippen LogP contribution in [-0.4, -0.2) is 24.1 Å². The third kappa shape index (κ3) is 4.37. The average molecular weight is 482 g/mol. The molecule has 0 saturated heterocycles.